The molecule has 1 unspecified atom stereocenters. The lowest BCUT2D eigenvalue weighted by atomic mass is 10.1. The molecule has 2 nitrogen and oxygen atoms in total. The van der Waals surface area contributed by atoms with Crippen LogP contribution in [0, 0.1) is 11.8 Å². The number of hydrogen-bond donors (Lipinski definition) is 2. The molecule has 0 heterocycles. The van der Waals surface area contributed by atoms with E-state index in [9.17, 15) is 0 Å². The molecule has 0 saturated carbocycles. The Labute approximate surface area is 91.3 Å². The van der Waals surface area contributed by atoms with Gasteiger partial charge in [-0.05, 0) is 31.5 Å². The second-order valence-electron chi connectivity index (χ2n) is 3.44. The van der Waals surface area contributed by atoms with Crippen molar-refractivity contribution in [3.05, 3.63) is 29.8 Å². The standard InChI is InChI=1S/C13H17NO/c1-3-4-5-10-14-11(2)12-6-8-13(15)9-7-12/h6-9,11,14-15H,5,10H2,1-2H3. The van der Waals surface area contributed by atoms with Gasteiger partial charge < -0.3 is 10.4 Å². The second kappa shape index (κ2) is 6.10. The normalized spacial score (nSPS) is 11.6. The van der Waals surface area contributed by atoms with E-state index >= 15 is 0 Å². The first-order chi connectivity index (χ1) is 7.24. The van der Waals surface area contributed by atoms with Crippen LogP contribution in [0.4, 0.5) is 0 Å². The molecule has 0 aromatic heterocycles. The molecule has 1 atom stereocenters. The Balaban J connectivity index is 2.41. The molecule has 2 N–H and O–H groups in total. The van der Waals surface area contributed by atoms with Crippen molar-refractivity contribution in [2.45, 2.75) is 26.3 Å². The molecule has 0 aliphatic rings. The van der Waals surface area contributed by atoms with Crippen molar-refractivity contribution >= 4 is 0 Å². The summed E-state index contributed by atoms with van der Waals surface area (Å²) in [6.07, 6.45) is 0.874. The second-order valence-corrected chi connectivity index (χ2v) is 3.44. The molecule has 0 amide bonds. The number of benzene rings is 1. The maximum Gasteiger partial charge on any atom is 0.115 e. The number of aromatic hydroxyl groups is 1. The maximum atomic E-state index is 9.15. The number of phenolic OH excluding ortho intramolecular Hbond substituents is 1. The van der Waals surface area contributed by atoms with E-state index < -0.39 is 0 Å². The third kappa shape index (κ3) is 4.05. The SMILES string of the molecule is CC#CCCNC(C)c1ccc(O)cc1. The Hall–Kier alpha value is -1.46. The molecule has 0 fully saturated rings. The summed E-state index contributed by atoms with van der Waals surface area (Å²) in [5.41, 5.74) is 1.18. The van der Waals surface area contributed by atoms with Crippen LogP contribution < -0.4 is 5.32 Å². The van der Waals surface area contributed by atoms with Crippen LogP contribution in [0.3, 0.4) is 0 Å². The van der Waals surface area contributed by atoms with Gasteiger partial charge in [0.1, 0.15) is 5.75 Å². The fourth-order valence-corrected chi connectivity index (χ4v) is 1.36. The number of phenols is 1. The van der Waals surface area contributed by atoms with Crippen LogP contribution in [-0.2, 0) is 0 Å². The highest BCUT2D eigenvalue weighted by Gasteiger charge is 2.02. The molecule has 0 saturated heterocycles. The van der Waals surface area contributed by atoms with Gasteiger partial charge in [0, 0.05) is 19.0 Å². The first-order valence-electron chi connectivity index (χ1n) is 5.16. The molecule has 1 rings (SSSR count). The van der Waals surface area contributed by atoms with Crippen LogP contribution in [0.15, 0.2) is 24.3 Å². The molecule has 0 aliphatic heterocycles. The van der Waals surface area contributed by atoms with Gasteiger partial charge in [0.25, 0.3) is 0 Å². The lowest BCUT2D eigenvalue weighted by Gasteiger charge is -2.13. The summed E-state index contributed by atoms with van der Waals surface area (Å²) >= 11 is 0. The molecule has 80 valence electrons. The van der Waals surface area contributed by atoms with Crippen molar-refractivity contribution in [1.82, 2.24) is 5.32 Å². The van der Waals surface area contributed by atoms with E-state index in [1.54, 1.807) is 12.1 Å². The first kappa shape index (κ1) is 11.6. The van der Waals surface area contributed by atoms with Crippen LogP contribution >= 0.6 is 0 Å². The summed E-state index contributed by atoms with van der Waals surface area (Å²) in [5, 5.41) is 12.5. The largest absolute Gasteiger partial charge is 0.508 e. The Bertz CT molecular complexity index is 345. The molecule has 0 radical (unpaired) electrons. The summed E-state index contributed by atoms with van der Waals surface area (Å²) in [5.74, 6) is 6.19. The number of hydrogen-bond acceptors (Lipinski definition) is 2. The van der Waals surface area contributed by atoms with Crippen LogP contribution in [0.2, 0.25) is 0 Å². The van der Waals surface area contributed by atoms with Gasteiger partial charge in [-0.3, -0.25) is 0 Å². The Morgan fingerprint density at radius 3 is 2.60 bits per heavy atom. The minimum Gasteiger partial charge on any atom is -0.508 e. The van der Waals surface area contributed by atoms with Crippen molar-refractivity contribution < 1.29 is 5.11 Å². The van der Waals surface area contributed by atoms with Gasteiger partial charge in [-0.2, -0.15) is 0 Å². The van der Waals surface area contributed by atoms with Gasteiger partial charge >= 0.3 is 0 Å². The number of rotatable bonds is 4. The molecular weight excluding hydrogens is 186 g/mol. The summed E-state index contributed by atoms with van der Waals surface area (Å²) in [7, 11) is 0. The molecule has 1 aromatic rings. The predicted molar refractivity (Wildman–Crippen MR) is 62.6 cm³/mol. The minimum atomic E-state index is 0.296. The fraction of sp³-hybridized carbons (Fsp3) is 0.385. The van der Waals surface area contributed by atoms with Crippen LogP contribution in [-0.4, -0.2) is 11.7 Å². The van der Waals surface area contributed by atoms with Crippen LogP contribution in [0.5, 0.6) is 5.75 Å². The van der Waals surface area contributed by atoms with E-state index in [4.69, 9.17) is 5.11 Å². The van der Waals surface area contributed by atoms with E-state index in [0.29, 0.717) is 11.8 Å². The molecule has 1 aromatic carbocycles. The summed E-state index contributed by atoms with van der Waals surface area (Å²) in [6.45, 7) is 4.85. The Kier molecular flexibility index (Phi) is 4.73. The highest BCUT2D eigenvalue weighted by molar-refractivity contribution is 5.27. The lowest BCUT2D eigenvalue weighted by molar-refractivity contribution is 0.474. The molecule has 0 bridgehead atoms. The van der Waals surface area contributed by atoms with Crippen molar-refractivity contribution in [1.29, 1.82) is 0 Å². The van der Waals surface area contributed by atoms with Gasteiger partial charge in [0.05, 0.1) is 0 Å². The van der Waals surface area contributed by atoms with Crippen molar-refractivity contribution in [3.63, 3.8) is 0 Å². The highest BCUT2D eigenvalue weighted by atomic mass is 16.3. The van der Waals surface area contributed by atoms with Gasteiger partial charge in [-0.25, -0.2) is 0 Å². The molecule has 0 spiro atoms. The summed E-state index contributed by atoms with van der Waals surface area (Å²) in [6, 6.07) is 7.57. The molecular formula is C13H17NO. The fourth-order valence-electron chi connectivity index (χ4n) is 1.36. The molecule has 15 heavy (non-hydrogen) atoms. The topological polar surface area (TPSA) is 32.3 Å². The van der Waals surface area contributed by atoms with Crippen LogP contribution in [0.25, 0.3) is 0 Å². The first-order valence-corrected chi connectivity index (χ1v) is 5.16. The molecule has 0 aliphatic carbocycles. The van der Waals surface area contributed by atoms with Gasteiger partial charge in [0.15, 0.2) is 0 Å². The smallest absolute Gasteiger partial charge is 0.115 e. The van der Waals surface area contributed by atoms with Crippen molar-refractivity contribution in [3.8, 4) is 17.6 Å². The zero-order chi connectivity index (χ0) is 11.1. The Morgan fingerprint density at radius 1 is 1.33 bits per heavy atom. The third-order valence-electron chi connectivity index (χ3n) is 2.27. The van der Waals surface area contributed by atoms with E-state index in [0.717, 1.165) is 13.0 Å². The van der Waals surface area contributed by atoms with Crippen molar-refractivity contribution in [2.75, 3.05) is 6.54 Å². The van der Waals surface area contributed by atoms with E-state index in [-0.39, 0.29) is 0 Å². The van der Waals surface area contributed by atoms with Gasteiger partial charge in [0.2, 0.25) is 0 Å². The minimum absolute atomic E-state index is 0.296. The average Bonchev–Trinajstić information content (AvgIpc) is 2.25. The van der Waals surface area contributed by atoms with Crippen molar-refractivity contribution in [2.24, 2.45) is 0 Å². The summed E-state index contributed by atoms with van der Waals surface area (Å²) < 4.78 is 0. The van der Waals surface area contributed by atoms with Gasteiger partial charge in [-0.1, -0.05) is 12.1 Å². The maximum absolute atomic E-state index is 9.15. The third-order valence-corrected chi connectivity index (χ3v) is 2.27. The zero-order valence-corrected chi connectivity index (χ0v) is 9.25. The summed E-state index contributed by atoms with van der Waals surface area (Å²) in [4.78, 5) is 0. The van der Waals surface area contributed by atoms with E-state index in [1.807, 2.05) is 19.1 Å². The number of nitrogens with one attached hydrogen (secondary N) is 1. The quantitative estimate of drug-likeness (QED) is 0.582. The Morgan fingerprint density at radius 2 is 2.00 bits per heavy atom. The highest BCUT2D eigenvalue weighted by Crippen LogP contribution is 2.15. The van der Waals surface area contributed by atoms with Gasteiger partial charge in [-0.15, -0.1) is 11.8 Å². The monoisotopic (exact) mass is 203 g/mol. The average molecular weight is 203 g/mol. The zero-order valence-electron chi connectivity index (χ0n) is 9.25. The molecule has 2 heteroatoms. The predicted octanol–water partition coefficient (Wildman–Crippen LogP) is 2.46. The lowest BCUT2D eigenvalue weighted by Crippen LogP contribution is -2.19. The van der Waals surface area contributed by atoms with Crippen LogP contribution in [0.1, 0.15) is 31.9 Å². The van der Waals surface area contributed by atoms with E-state index in [2.05, 4.69) is 24.1 Å². The van der Waals surface area contributed by atoms with E-state index in [1.165, 1.54) is 5.56 Å².